The highest BCUT2D eigenvalue weighted by molar-refractivity contribution is 7.10. The molecule has 0 aliphatic carbocycles. The number of aryl methyl sites for hydroxylation is 2. The summed E-state index contributed by atoms with van der Waals surface area (Å²) < 4.78 is 0. The fourth-order valence-corrected chi connectivity index (χ4v) is 1.91. The van der Waals surface area contributed by atoms with Crippen LogP contribution in [0.2, 0.25) is 0 Å². The molecule has 0 unspecified atom stereocenters. The molecule has 0 aliphatic heterocycles. The Kier molecular flexibility index (Phi) is 2.94. The number of hydrogen-bond donors (Lipinski definition) is 0. The van der Waals surface area contributed by atoms with E-state index < -0.39 is 0 Å². The van der Waals surface area contributed by atoms with E-state index in [0.29, 0.717) is 0 Å². The minimum atomic E-state index is 1.19. The number of hydrogen-bond acceptors (Lipinski definition) is 1. The average Bonchev–Trinajstić information content (AvgIpc) is 2.37. The molecule has 0 bridgehead atoms. The normalized spacial score (nSPS) is 10.2. The zero-order valence-electron chi connectivity index (χ0n) is 6.68. The summed E-state index contributed by atoms with van der Waals surface area (Å²) >= 11 is 1.89. The highest BCUT2D eigenvalue weighted by Crippen LogP contribution is 2.15. The van der Waals surface area contributed by atoms with Gasteiger partial charge in [0.1, 0.15) is 0 Å². The lowest BCUT2D eigenvalue weighted by Crippen LogP contribution is -1.76. The molecule has 0 N–H and O–H groups in total. The van der Waals surface area contributed by atoms with Gasteiger partial charge >= 0.3 is 0 Å². The van der Waals surface area contributed by atoms with E-state index in [-0.39, 0.29) is 0 Å². The second kappa shape index (κ2) is 3.77. The molecule has 0 nitrogen and oxygen atoms in total. The van der Waals surface area contributed by atoms with Gasteiger partial charge in [0.2, 0.25) is 0 Å². The molecule has 1 aromatic rings. The molecule has 0 aromatic carbocycles. The van der Waals surface area contributed by atoms with Crippen molar-refractivity contribution in [2.24, 2.45) is 0 Å². The summed E-state index contributed by atoms with van der Waals surface area (Å²) in [5.41, 5.74) is 1.52. The van der Waals surface area contributed by atoms with Crippen molar-refractivity contribution in [3.63, 3.8) is 0 Å². The average molecular weight is 154 g/mol. The molecular formula is C9H14S. The van der Waals surface area contributed by atoms with E-state index in [1.807, 2.05) is 11.3 Å². The van der Waals surface area contributed by atoms with E-state index in [9.17, 15) is 0 Å². The Morgan fingerprint density at radius 1 is 1.40 bits per heavy atom. The Labute approximate surface area is 66.9 Å². The van der Waals surface area contributed by atoms with E-state index in [4.69, 9.17) is 0 Å². The minimum Gasteiger partial charge on any atom is -0.149 e. The van der Waals surface area contributed by atoms with Gasteiger partial charge in [0.15, 0.2) is 0 Å². The lowest BCUT2D eigenvalue weighted by atomic mass is 10.2. The Morgan fingerprint density at radius 3 is 2.70 bits per heavy atom. The Morgan fingerprint density at radius 2 is 2.20 bits per heavy atom. The standard InChI is InChI=1S/C9H14S/c1-3-5-8-6-9(4-2)10-7-8/h6-7H,3-5H2,1-2H3. The van der Waals surface area contributed by atoms with Crippen molar-refractivity contribution in [1.29, 1.82) is 0 Å². The summed E-state index contributed by atoms with van der Waals surface area (Å²) in [6, 6.07) is 2.33. The van der Waals surface area contributed by atoms with Gasteiger partial charge in [-0.2, -0.15) is 0 Å². The van der Waals surface area contributed by atoms with Gasteiger partial charge in [-0.3, -0.25) is 0 Å². The minimum absolute atomic E-state index is 1.19. The summed E-state index contributed by atoms with van der Waals surface area (Å²) in [7, 11) is 0. The van der Waals surface area contributed by atoms with E-state index in [1.54, 1.807) is 0 Å². The van der Waals surface area contributed by atoms with Crippen LogP contribution in [0.5, 0.6) is 0 Å². The SMILES string of the molecule is CCCc1csc(CC)c1. The van der Waals surface area contributed by atoms with Crippen LogP contribution in [-0.2, 0) is 12.8 Å². The third-order valence-corrected chi connectivity index (χ3v) is 2.73. The van der Waals surface area contributed by atoms with Gasteiger partial charge in [-0.1, -0.05) is 20.3 Å². The van der Waals surface area contributed by atoms with E-state index in [2.05, 4.69) is 25.3 Å². The molecule has 0 saturated heterocycles. The lowest BCUT2D eigenvalue weighted by Gasteiger charge is -1.88. The maximum atomic E-state index is 2.33. The molecule has 0 aliphatic rings. The van der Waals surface area contributed by atoms with E-state index >= 15 is 0 Å². The number of rotatable bonds is 3. The van der Waals surface area contributed by atoms with Crippen LogP contribution in [0.15, 0.2) is 11.4 Å². The topological polar surface area (TPSA) is 0 Å². The smallest absolute Gasteiger partial charge is 0.00453 e. The Balaban J connectivity index is 2.59. The first kappa shape index (κ1) is 7.80. The second-order valence-electron chi connectivity index (χ2n) is 2.52. The fourth-order valence-electron chi connectivity index (χ4n) is 1.03. The van der Waals surface area contributed by atoms with Gasteiger partial charge in [-0.15, -0.1) is 11.3 Å². The first-order valence-corrected chi connectivity index (χ1v) is 4.81. The van der Waals surface area contributed by atoms with Gasteiger partial charge in [0.05, 0.1) is 0 Å². The third kappa shape index (κ3) is 1.84. The van der Waals surface area contributed by atoms with Crippen molar-refractivity contribution in [2.75, 3.05) is 0 Å². The van der Waals surface area contributed by atoms with Gasteiger partial charge in [-0.05, 0) is 29.9 Å². The van der Waals surface area contributed by atoms with E-state index in [0.717, 1.165) is 0 Å². The molecule has 0 saturated carbocycles. The van der Waals surface area contributed by atoms with Crippen molar-refractivity contribution >= 4 is 11.3 Å². The Hall–Kier alpha value is -0.300. The fraction of sp³-hybridized carbons (Fsp3) is 0.556. The van der Waals surface area contributed by atoms with Gasteiger partial charge in [0, 0.05) is 4.88 Å². The predicted molar refractivity (Wildman–Crippen MR) is 47.7 cm³/mol. The quantitative estimate of drug-likeness (QED) is 0.627. The summed E-state index contributed by atoms with van der Waals surface area (Å²) in [5, 5.41) is 2.28. The number of thiophene rings is 1. The molecule has 0 radical (unpaired) electrons. The largest absolute Gasteiger partial charge is 0.149 e. The molecule has 0 fully saturated rings. The van der Waals surface area contributed by atoms with Crippen LogP contribution in [0.4, 0.5) is 0 Å². The van der Waals surface area contributed by atoms with Crippen molar-refractivity contribution in [1.82, 2.24) is 0 Å². The molecular weight excluding hydrogens is 140 g/mol. The van der Waals surface area contributed by atoms with Crippen molar-refractivity contribution < 1.29 is 0 Å². The van der Waals surface area contributed by atoms with Crippen molar-refractivity contribution in [2.45, 2.75) is 33.1 Å². The van der Waals surface area contributed by atoms with Crippen molar-refractivity contribution in [3.8, 4) is 0 Å². The van der Waals surface area contributed by atoms with E-state index in [1.165, 1.54) is 29.7 Å². The molecule has 1 heteroatoms. The van der Waals surface area contributed by atoms with Gasteiger partial charge in [-0.25, -0.2) is 0 Å². The molecule has 56 valence electrons. The monoisotopic (exact) mass is 154 g/mol. The Bertz CT molecular complexity index is 188. The zero-order valence-corrected chi connectivity index (χ0v) is 7.50. The van der Waals surface area contributed by atoms with Crippen LogP contribution in [-0.4, -0.2) is 0 Å². The van der Waals surface area contributed by atoms with Crippen molar-refractivity contribution in [3.05, 3.63) is 21.9 Å². The summed E-state index contributed by atoms with van der Waals surface area (Å²) in [5.74, 6) is 0. The predicted octanol–water partition coefficient (Wildman–Crippen LogP) is 3.26. The lowest BCUT2D eigenvalue weighted by molar-refractivity contribution is 0.925. The molecule has 0 atom stereocenters. The molecule has 0 spiro atoms. The summed E-state index contributed by atoms with van der Waals surface area (Å²) in [6.07, 6.45) is 3.70. The summed E-state index contributed by atoms with van der Waals surface area (Å²) in [4.78, 5) is 1.52. The maximum Gasteiger partial charge on any atom is 0.00453 e. The molecule has 10 heavy (non-hydrogen) atoms. The van der Waals surface area contributed by atoms with Crippen LogP contribution in [0, 0.1) is 0 Å². The first-order chi connectivity index (χ1) is 4.86. The summed E-state index contributed by atoms with van der Waals surface area (Å²) in [6.45, 7) is 4.44. The highest BCUT2D eigenvalue weighted by Gasteiger charge is 1.95. The van der Waals surface area contributed by atoms with Crippen LogP contribution in [0.25, 0.3) is 0 Å². The highest BCUT2D eigenvalue weighted by atomic mass is 32.1. The van der Waals surface area contributed by atoms with Gasteiger partial charge < -0.3 is 0 Å². The van der Waals surface area contributed by atoms with Crippen LogP contribution >= 0.6 is 11.3 Å². The zero-order chi connectivity index (χ0) is 7.40. The molecule has 1 heterocycles. The molecule has 1 rings (SSSR count). The van der Waals surface area contributed by atoms with Crippen LogP contribution in [0.3, 0.4) is 0 Å². The van der Waals surface area contributed by atoms with Crippen LogP contribution in [0.1, 0.15) is 30.7 Å². The van der Waals surface area contributed by atoms with Crippen LogP contribution < -0.4 is 0 Å². The molecule has 0 amide bonds. The first-order valence-electron chi connectivity index (χ1n) is 3.93. The second-order valence-corrected chi connectivity index (χ2v) is 3.52. The maximum absolute atomic E-state index is 2.33. The third-order valence-electron chi connectivity index (χ3n) is 1.60. The molecule has 1 aromatic heterocycles. The van der Waals surface area contributed by atoms with Gasteiger partial charge in [0.25, 0.3) is 0 Å².